The van der Waals surface area contributed by atoms with Crippen LogP contribution in [0.1, 0.15) is 23.6 Å². The molecular formula is C27H28Cl3N3O4S. The average molecular weight is 597 g/mol. The first kappa shape index (κ1) is 29.8. The van der Waals surface area contributed by atoms with E-state index in [0.717, 1.165) is 15.4 Å². The van der Waals surface area contributed by atoms with Gasteiger partial charge >= 0.3 is 0 Å². The maximum atomic E-state index is 13.8. The first-order valence-corrected chi connectivity index (χ1v) is 14.2. The smallest absolute Gasteiger partial charge is 0.264 e. The van der Waals surface area contributed by atoms with E-state index >= 15 is 0 Å². The van der Waals surface area contributed by atoms with E-state index in [9.17, 15) is 18.0 Å². The first-order chi connectivity index (χ1) is 17.8. The molecular weight excluding hydrogens is 569 g/mol. The third-order valence-corrected chi connectivity index (χ3v) is 9.02. The number of sulfonamides is 1. The van der Waals surface area contributed by atoms with Gasteiger partial charge in [-0.25, -0.2) is 8.42 Å². The fourth-order valence-corrected chi connectivity index (χ4v) is 5.63. The highest BCUT2D eigenvalue weighted by atomic mass is 35.5. The Morgan fingerprint density at radius 3 is 2.13 bits per heavy atom. The van der Waals surface area contributed by atoms with Gasteiger partial charge in [-0.2, -0.15) is 0 Å². The number of likely N-dealkylation sites (N-methyl/N-ethyl adjacent to an activating group) is 1. The summed E-state index contributed by atoms with van der Waals surface area (Å²) in [5.41, 5.74) is 2.48. The number of carbonyl (C=O) groups is 2. The second kappa shape index (κ2) is 12.4. The lowest BCUT2D eigenvalue weighted by Crippen LogP contribution is -2.50. The van der Waals surface area contributed by atoms with Gasteiger partial charge in [-0.05, 0) is 68.3 Å². The minimum atomic E-state index is -4.18. The van der Waals surface area contributed by atoms with Gasteiger partial charge in [0.1, 0.15) is 12.6 Å². The van der Waals surface area contributed by atoms with Crippen LogP contribution in [0.25, 0.3) is 0 Å². The number of benzene rings is 3. The predicted octanol–water partition coefficient (Wildman–Crippen LogP) is 5.62. The number of rotatable bonds is 9. The van der Waals surface area contributed by atoms with Gasteiger partial charge in [-0.1, -0.05) is 64.6 Å². The Labute approximate surface area is 238 Å². The number of aryl methyl sites for hydroxylation is 2. The zero-order chi connectivity index (χ0) is 28.2. The van der Waals surface area contributed by atoms with Crippen molar-refractivity contribution in [3.05, 3.63) is 92.4 Å². The van der Waals surface area contributed by atoms with Crippen molar-refractivity contribution in [2.75, 3.05) is 17.9 Å². The van der Waals surface area contributed by atoms with Gasteiger partial charge in [0.2, 0.25) is 11.8 Å². The summed E-state index contributed by atoms with van der Waals surface area (Å²) in [5, 5.41) is 3.53. The molecule has 1 N–H and O–H groups in total. The fourth-order valence-electron chi connectivity index (χ4n) is 3.73. The monoisotopic (exact) mass is 595 g/mol. The quantitative estimate of drug-likeness (QED) is 0.347. The molecule has 38 heavy (non-hydrogen) atoms. The molecule has 0 radical (unpaired) electrons. The normalized spacial score (nSPS) is 12.1. The summed E-state index contributed by atoms with van der Waals surface area (Å²) in [7, 11) is -2.72. The standard InChI is InChI=1S/C27H28Cl3N3O4S/c1-17-5-10-22(11-6-17)38(36,37)33(21-9-7-18(2)24(29)14-21)16-26(34)32(19(3)27(35)31-4)15-20-8-12-23(28)25(30)13-20/h5-14,19H,15-16H2,1-4H3,(H,31,35)/t19-/m0/s1. The van der Waals surface area contributed by atoms with Gasteiger partial charge in [0.05, 0.1) is 20.6 Å². The maximum absolute atomic E-state index is 13.8. The molecule has 202 valence electrons. The van der Waals surface area contributed by atoms with E-state index in [4.69, 9.17) is 34.8 Å². The summed E-state index contributed by atoms with van der Waals surface area (Å²) in [6.45, 7) is 4.63. The number of nitrogens with one attached hydrogen (secondary N) is 1. The van der Waals surface area contributed by atoms with E-state index in [-0.39, 0.29) is 17.1 Å². The van der Waals surface area contributed by atoms with E-state index in [1.54, 1.807) is 56.3 Å². The number of nitrogens with zero attached hydrogens (tertiary/aromatic N) is 2. The van der Waals surface area contributed by atoms with Gasteiger partial charge in [-0.3, -0.25) is 13.9 Å². The Bertz CT molecular complexity index is 1450. The van der Waals surface area contributed by atoms with E-state index in [2.05, 4.69) is 5.32 Å². The van der Waals surface area contributed by atoms with Crippen LogP contribution in [0.15, 0.2) is 65.6 Å². The number of anilines is 1. The summed E-state index contributed by atoms with van der Waals surface area (Å²) in [4.78, 5) is 27.6. The molecule has 0 aliphatic carbocycles. The molecule has 2 amide bonds. The SMILES string of the molecule is CNC(=O)[C@H](C)N(Cc1ccc(Cl)c(Cl)c1)C(=O)CN(c1ccc(C)c(Cl)c1)S(=O)(=O)c1ccc(C)cc1. The minimum Gasteiger partial charge on any atom is -0.357 e. The lowest BCUT2D eigenvalue weighted by Gasteiger charge is -2.32. The van der Waals surface area contributed by atoms with Crippen molar-refractivity contribution in [1.29, 1.82) is 0 Å². The number of hydrogen-bond acceptors (Lipinski definition) is 4. The highest BCUT2D eigenvalue weighted by Crippen LogP contribution is 2.29. The van der Waals surface area contributed by atoms with Crippen LogP contribution < -0.4 is 9.62 Å². The second-order valence-electron chi connectivity index (χ2n) is 8.82. The largest absolute Gasteiger partial charge is 0.357 e. The minimum absolute atomic E-state index is 0.00260. The molecule has 0 saturated heterocycles. The molecule has 0 aromatic heterocycles. The molecule has 0 heterocycles. The zero-order valence-corrected chi connectivity index (χ0v) is 24.4. The number of hydrogen-bond donors (Lipinski definition) is 1. The van der Waals surface area contributed by atoms with Crippen molar-refractivity contribution in [2.24, 2.45) is 0 Å². The number of carbonyl (C=O) groups excluding carboxylic acids is 2. The lowest BCUT2D eigenvalue weighted by molar-refractivity contribution is -0.139. The van der Waals surface area contributed by atoms with Gasteiger partial charge in [0.15, 0.2) is 0 Å². The molecule has 1 atom stereocenters. The number of amides is 2. The van der Waals surface area contributed by atoms with Crippen molar-refractivity contribution in [2.45, 2.75) is 38.3 Å². The van der Waals surface area contributed by atoms with E-state index in [1.165, 1.54) is 30.1 Å². The van der Waals surface area contributed by atoms with Crippen molar-refractivity contribution >= 4 is 62.3 Å². The third-order valence-electron chi connectivity index (χ3n) is 6.08. The van der Waals surface area contributed by atoms with Crippen molar-refractivity contribution < 1.29 is 18.0 Å². The molecule has 0 fully saturated rings. The van der Waals surface area contributed by atoms with Crippen LogP contribution in [0.4, 0.5) is 5.69 Å². The van der Waals surface area contributed by atoms with Gasteiger partial charge in [-0.15, -0.1) is 0 Å². The summed E-state index contributed by atoms with van der Waals surface area (Å²) in [5.74, 6) is -1.01. The van der Waals surface area contributed by atoms with E-state index in [0.29, 0.717) is 20.6 Å². The first-order valence-electron chi connectivity index (χ1n) is 11.7. The third kappa shape index (κ3) is 6.80. The topological polar surface area (TPSA) is 86.8 Å². The summed E-state index contributed by atoms with van der Waals surface area (Å²) < 4.78 is 28.6. The predicted molar refractivity (Wildman–Crippen MR) is 152 cm³/mol. The van der Waals surface area contributed by atoms with Crippen molar-refractivity contribution in [3.63, 3.8) is 0 Å². The number of halogens is 3. The van der Waals surface area contributed by atoms with E-state index < -0.39 is 34.4 Å². The van der Waals surface area contributed by atoms with Gasteiger partial charge < -0.3 is 10.2 Å². The molecule has 3 aromatic carbocycles. The van der Waals surface area contributed by atoms with Gasteiger partial charge in [0, 0.05) is 18.6 Å². The summed E-state index contributed by atoms with van der Waals surface area (Å²) in [6, 6.07) is 15.1. The summed E-state index contributed by atoms with van der Waals surface area (Å²) >= 11 is 18.5. The molecule has 0 aliphatic rings. The average Bonchev–Trinajstić information content (AvgIpc) is 2.88. The van der Waals surface area contributed by atoms with Crippen molar-refractivity contribution in [1.82, 2.24) is 10.2 Å². The zero-order valence-electron chi connectivity index (χ0n) is 21.3. The van der Waals surface area contributed by atoms with Crippen LogP contribution in [0, 0.1) is 13.8 Å². The Hall–Kier alpha value is -2.78. The molecule has 3 aromatic rings. The molecule has 3 rings (SSSR count). The Morgan fingerprint density at radius 1 is 0.895 bits per heavy atom. The molecule has 0 spiro atoms. The van der Waals surface area contributed by atoms with E-state index in [1.807, 2.05) is 6.92 Å². The fraction of sp³-hybridized carbons (Fsp3) is 0.259. The van der Waals surface area contributed by atoms with Crippen LogP contribution >= 0.6 is 34.8 Å². The maximum Gasteiger partial charge on any atom is 0.264 e. The van der Waals surface area contributed by atoms with Crippen LogP contribution in [0.2, 0.25) is 15.1 Å². The van der Waals surface area contributed by atoms with Crippen LogP contribution in [0.3, 0.4) is 0 Å². The lowest BCUT2D eigenvalue weighted by atomic mass is 10.1. The molecule has 0 aliphatic heterocycles. The van der Waals surface area contributed by atoms with Crippen LogP contribution in [-0.4, -0.2) is 44.8 Å². The highest BCUT2D eigenvalue weighted by molar-refractivity contribution is 7.92. The van der Waals surface area contributed by atoms with Gasteiger partial charge in [0.25, 0.3) is 10.0 Å². The summed E-state index contributed by atoms with van der Waals surface area (Å²) in [6.07, 6.45) is 0. The molecule has 0 bridgehead atoms. The van der Waals surface area contributed by atoms with Crippen molar-refractivity contribution in [3.8, 4) is 0 Å². The molecule has 0 unspecified atom stereocenters. The Kier molecular flexibility index (Phi) is 9.70. The highest BCUT2D eigenvalue weighted by Gasteiger charge is 2.32. The Morgan fingerprint density at radius 2 is 1.55 bits per heavy atom. The molecule has 0 saturated carbocycles. The Balaban J connectivity index is 2.06. The van der Waals surface area contributed by atoms with Crippen LogP contribution in [0.5, 0.6) is 0 Å². The molecule has 7 nitrogen and oxygen atoms in total. The molecule has 11 heteroatoms. The van der Waals surface area contributed by atoms with Crippen LogP contribution in [-0.2, 0) is 26.2 Å². The second-order valence-corrected chi connectivity index (χ2v) is 11.9.